The van der Waals surface area contributed by atoms with Crippen molar-refractivity contribution in [3.8, 4) is 0 Å². The Labute approximate surface area is 118 Å². The van der Waals surface area contributed by atoms with Crippen LogP contribution < -0.4 is 5.32 Å². The van der Waals surface area contributed by atoms with Crippen molar-refractivity contribution >= 4 is 0 Å². The number of rotatable bonds is 6. The molecule has 0 bridgehead atoms. The lowest BCUT2D eigenvalue weighted by molar-refractivity contribution is 0.163. The first-order chi connectivity index (χ1) is 9.31. The molecule has 1 aromatic rings. The highest BCUT2D eigenvalue weighted by atomic mass is 15.2. The molecule has 1 aliphatic heterocycles. The van der Waals surface area contributed by atoms with Crippen molar-refractivity contribution in [2.45, 2.75) is 39.2 Å². The molecule has 19 heavy (non-hydrogen) atoms. The summed E-state index contributed by atoms with van der Waals surface area (Å²) in [6, 6.07) is 11.4. The minimum Gasteiger partial charge on any atom is -0.316 e. The van der Waals surface area contributed by atoms with Crippen molar-refractivity contribution in [2.24, 2.45) is 5.92 Å². The van der Waals surface area contributed by atoms with E-state index in [2.05, 4.69) is 54.4 Å². The highest BCUT2D eigenvalue weighted by Gasteiger charge is 2.20. The van der Waals surface area contributed by atoms with E-state index in [1.807, 2.05) is 0 Å². The average Bonchev–Trinajstić information content (AvgIpc) is 2.48. The summed E-state index contributed by atoms with van der Waals surface area (Å²) in [5, 5.41) is 3.53. The van der Waals surface area contributed by atoms with Crippen molar-refractivity contribution < 1.29 is 0 Å². The molecule has 0 aromatic heterocycles. The highest BCUT2D eigenvalue weighted by Crippen LogP contribution is 2.23. The molecule has 2 unspecified atom stereocenters. The van der Waals surface area contributed by atoms with Crippen LogP contribution in [-0.4, -0.2) is 31.1 Å². The van der Waals surface area contributed by atoms with E-state index in [-0.39, 0.29) is 0 Å². The molecule has 1 N–H and O–H groups in total. The number of nitrogens with one attached hydrogen (secondary N) is 1. The zero-order valence-electron chi connectivity index (χ0n) is 12.4. The van der Waals surface area contributed by atoms with Gasteiger partial charge in [0.25, 0.3) is 0 Å². The third-order valence-corrected chi connectivity index (χ3v) is 4.23. The molecule has 2 atom stereocenters. The lowest BCUT2D eigenvalue weighted by Gasteiger charge is -2.34. The Balaban J connectivity index is 1.97. The van der Waals surface area contributed by atoms with Gasteiger partial charge in [-0.1, -0.05) is 37.3 Å². The molecule has 2 nitrogen and oxygen atoms in total. The fourth-order valence-electron chi connectivity index (χ4n) is 3.08. The Kier molecular flexibility index (Phi) is 5.87. The van der Waals surface area contributed by atoms with Crippen molar-refractivity contribution in [1.82, 2.24) is 10.2 Å². The predicted molar refractivity (Wildman–Crippen MR) is 82.3 cm³/mol. The summed E-state index contributed by atoms with van der Waals surface area (Å²) in [6.07, 6.45) is 3.95. The van der Waals surface area contributed by atoms with E-state index in [0.29, 0.717) is 6.04 Å². The largest absolute Gasteiger partial charge is 0.316 e. The Hall–Kier alpha value is -0.860. The van der Waals surface area contributed by atoms with Crippen LogP contribution in [0.2, 0.25) is 0 Å². The van der Waals surface area contributed by atoms with Crippen LogP contribution >= 0.6 is 0 Å². The molecular weight excluding hydrogens is 232 g/mol. The summed E-state index contributed by atoms with van der Waals surface area (Å²) in [7, 11) is 0. The summed E-state index contributed by atoms with van der Waals surface area (Å²) >= 11 is 0. The van der Waals surface area contributed by atoms with Crippen molar-refractivity contribution in [2.75, 3.05) is 26.2 Å². The first-order valence-corrected chi connectivity index (χ1v) is 7.81. The van der Waals surface area contributed by atoms with Crippen LogP contribution in [0.4, 0.5) is 0 Å². The minimum absolute atomic E-state index is 0.531. The van der Waals surface area contributed by atoms with E-state index in [0.717, 1.165) is 5.92 Å². The van der Waals surface area contributed by atoms with E-state index in [1.54, 1.807) is 0 Å². The molecule has 1 aliphatic rings. The molecule has 2 heteroatoms. The number of hydrogen-bond donors (Lipinski definition) is 1. The highest BCUT2D eigenvalue weighted by molar-refractivity contribution is 5.18. The second kappa shape index (κ2) is 7.66. The first-order valence-electron chi connectivity index (χ1n) is 7.81. The number of hydrogen-bond acceptors (Lipinski definition) is 2. The van der Waals surface area contributed by atoms with Gasteiger partial charge in [0.05, 0.1) is 0 Å². The first kappa shape index (κ1) is 14.5. The van der Waals surface area contributed by atoms with Gasteiger partial charge >= 0.3 is 0 Å². The van der Waals surface area contributed by atoms with Crippen LogP contribution in [0, 0.1) is 5.92 Å². The van der Waals surface area contributed by atoms with E-state index < -0.39 is 0 Å². The summed E-state index contributed by atoms with van der Waals surface area (Å²) in [5.41, 5.74) is 1.44. The van der Waals surface area contributed by atoms with Gasteiger partial charge < -0.3 is 5.32 Å². The lowest BCUT2D eigenvalue weighted by atomic mass is 9.97. The zero-order chi connectivity index (χ0) is 13.5. The molecule has 2 rings (SSSR count). The quantitative estimate of drug-likeness (QED) is 0.842. The predicted octanol–water partition coefficient (Wildman–Crippen LogP) is 3.46. The van der Waals surface area contributed by atoms with Crippen LogP contribution in [0.25, 0.3) is 0 Å². The molecule has 1 fully saturated rings. The molecule has 0 amide bonds. The maximum Gasteiger partial charge on any atom is 0.0319 e. The van der Waals surface area contributed by atoms with Gasteiger partial charge in [-0.15, -0.1) is 0 Å². The van der Waals surface area contributed by atoms with Gasteiger partial charge in [-0.3, -0.25) is 4.90 Å². The molecule has 0 radical (unpaired) electrons. The van der Waals surface area contributed by atoms with Gasteiger partial charge in [-0.05, 0) is 57.3 Å². The van der Waals surface area contributed by atoms with Gasteiger partial charge in [0, 0.05) is 12.6 Å². The van der Waals surface area contributed by atoms with Gasteiger partial charge in [-0.25, -0.2) is 0 Å². The van der Waals surface area contributed by atoms with Gasteiger partial charge in [0.15, 0.2) is 0 Å². The van der Waals surface area contributed by atoms with Gasteiger partial charge in [0.1, 0.15) is 0 Å². The fourth-order valence-corrected chi connectivity index (χ4v) is 3.08. The van der Waals surface area contributed by atoms with Crippen molar-refractivity contribution in [3.63, 3.8) is 0 Å². The second-order valence-electron chi connectivity index (χ2n) is 5.79. The maximum atomic E-state index is 3.53. The molecule has 0 saturated carbocycles. The summed E-state index contributed by atoms with van der Waals surface area (Å²) in [6.45, 7) is 9.47. The minimum atomic E-state index is 0.531. The van der Waals surface area contributed by atoms with Crippen molar-refractivity contribution in [3.05, 3.63) is 35.9 Å². The fraction of sp³-hybridized carbons (Fsp3) is 0.647. The number of benzene rings is 1. The van der Waals surface area contributed by atoms with Crippen LogP contribution in [-0.2, 0) is 0 Å². The number of piperidine rings is 1. The van der Waals surface area contributed by atoms with Crippen LogP contribution in [0.1, 0.15) is 44.7 Å². The smallest absolute Gasteiger partial charge is 0.0319 e. The molecule has 1 heterocycles. The lowest BCUT2D eigenvalue weighted by Crippen LogP contribution is -2.39. The van der Waals surface area contributed by atoms with E-state index >= 15 is 0 Å². The standard InChI is InChI=1S/C17H28N2/c1-3-12-19(14-16-8-7-11-18-13-16)15(2)17-9-5-4-6-10-17/h4-6,9-10,15-16,18H,3,7-8,11-14H2,1-2H3. The van der Waals surface area contributed by atoms with Crippen molar-refractivity contribution in [1.29, 1.82) is 0 Å². The van der Waals surface area contributed by atoms with E-state index in [4.69, 9.17) is 0 Å². The van der Waals surface area contributed by atoms with E-state index in [9.17, 15) is 0 Å². The Bertz CT molecular complexity index is 344. The van der Waals surface area contributed by atoms with Crippen LogP contribution in [0.15, 0.2) is 30.3 Å². The summed E-state index contributed by atoms with van der Waals surface area (Å²) in [5.74, 6) is 0.825. The second-order valence-corrected chi connectivity index (χ2v) is 5.79. The molecule has 1 saturated heterocycles. The third kappa shape index (κ3) is 4.32. The van der Waals surface area contributed by atoms with Gasteiger partial charge in [0.2, 0.25) is 0 Å². The van der Waals surface area contributed by atoms with E-state index in [1.165, 1.54) is 51.0 Å². The Morgan fingerprint density at radius 3 is 2.74 bits per heavy atom. The Morgan fingerprint density at radius 1 is 1.32 bits per heavy atom. The molecule has 106 valence electrons. The maximum absolute atomic E-state index is 3.53. The summed E-state index contributed by atoms with van der Waals surface area (Å²) in [4.78, 5) is 2.66. The number of nitrogens with zero attached hydrogens (tertiary/aromatic N) is 1. The summed E-state index contributed by atoms with van der Waals surface area (Å²) < 4.78 is 0. The molecular formula is C17H28N2. The monoisotopic (exact) mass is 260 g/mol. The molecule has 1 aromatic carbocycles. The SMILES string of the molecule is CCCN(CC1CCCNC1)C(C)c1ccccc1. The third-order valence-electron chi connectivity index (χ3n) is 4.23. The topological polar surface area (TPSA) is 15.3 Å². The normalized spacial score (nSPS) is 21.5. The Morgan fingerprint density at radius 2 is 2.11 bits per heavy atom. The van der Waals surface area contributed by atoms with Gasteiger partial charge in [-0.2, -0.15) is 0 Å². The van der Waals surface area contributed by atoms with Crippen LogP contribution in [0.5, 0.6) is 0 Å². The average molecular weight is 260 g/mol. The van der Waals surface area contributed by atoms with Crippen LogP contribution in [0.3, 0.4) is 0 Å². The molecule has 0 spiro atoms. The molecule has 0 aliphatic carbocycles. The zero-order valence-corrected chi connectivity index (χ0v) is 12.4.